The van der Waals surface area contributed by atoms with E-state index in [0.29, 0.717) is 35.6 Å². The first-order valence-electron chi connectivity index (χ1n) is 10.8. The van der Waals surface area contributed by atoms with Gasteiger partial charge in [0.2, 0.25) is 0 Å². The van der Waals surface area contributed by atoms with Crippen LogP contribution in [0.4, 0.5) is 5.69 Å². The van der Waals surface area contributed by atoms with Gasteiger partial charge in [0.05, 0.1) is 25.1 Å². The van der Waals surface area contributed by atoms with Crippen molar-refractivity contribution in [2.45, 2.75) is 6.61 Å². The van der Waals surface area contributed by atoms with Gasteiger partial charge in [0.25, 0.3) is 0 Å². The summed E-state index contributed by atoms with van der Waals surface area (Å²) in [5, 5.41) is 2.17. The fraction of sp³-hybridized carbons (Fsp3) is 0.231. The number of carbonyl (C=O) groups is 1. The molecule has 0 saturated carbocycles. The fourth-order valence-electron chi connectivity index (χ4n) is 3.65. The van der Waals surface area contributed by atoms with Gasteiger partial charge in [-0.05, 0) is 29.8 Å². The van der Waals surface area contributed by atoms with Gasteiger partial charge in [-0.3, -0.25) is 4.90 Å². The zero-order chi connectivity index (χ0) is 23.0. The van der Waals surface area contributed by atoms with Crippen molar-refractivity contribution in [1.82, 2.24) is 4.90 Å². The first-order chi connectivity index (χ1) is 16.1. The van der Waals surface area contributed by atoms with Gasteiger partial charge in [0.1, 0.15) is 24.2 Å². The highest BCUT2D eigenvalue weighted by molar-refractivity contribution is 6.05. The lowest BCUT2D eigenvalue weighted by molar-refractivity contribution is -0.109. The molecule has 33 heavy (non-hydrogen) atoms. The Bertz CT molecular complexity index is 1280. The Hall–Kier alpha value is -3.68. The van der Waals surface area contributed by atoms with Crippen molar-refractivity contribution in [2.75, 3.05) is 38.6 Å². The Morgan fingerprint density at radius 3 is 2.45 bits per heavy atom. The minimum Gasteiger partial charge on any atom is -0.489 e. The lowest BCUT2D eigenvalue weighted by Crippen LogP contribution is -2.37. The molecule has 0 bridgehead atoms. The Morgan fingerprint density at radius 2 is 1.70 bits per heavy atom. The van der Waals surface area contributed by atoms with Crippen molar-refractivity contribution in [3.8, 4) is 5.75 Å². The third-order valence-corrected chi connectivity index (χ3v) is 5.39. The summed E-state index contributed by atoms with van der Waals surface area (Å²) in [5.74, 6) is 0.657. The summed E-state index contributed by atoms with van der Waals surface area (Å²) in [6.45, 7) is 4.36. The van der Waals surface area contributed by atoms with Gasteiger partial charge in [-0.1, -0.05) is 36.4 Å². The van der Waals surface area contributed by atoms with E-state index in [-0.39, 0.29) is 0 Å². The maximum absolute atomic E-state index is 12.2. The standard InChI is InChI=1S/C20H15NO3.C6H11NO2/c21-14-6-8-16-17-9-7-15(23-12-13-4-2-1-3-5-13)11-19(17)24-20(22)18(16)10-14;8-4-1-7-2-5-9-6-3-7/h1-11H,12,21H2;4H,1-3,5-6H2. The highest BCUT2D eigenvalue weighted by atomic mass is 16.5. The minimum absolute atomic E-state index is 0.398. The van der Waals surface area contributed by atoms with Crippen LogP contribution in [0, 0.1) is 0 Å². The van der Waals surface area contributed by atoms with E-state index in [4.69, 9.17) is 19.6 Å². The molecular formula is C26H26N2O5. The zero-order valence-corrected chi connectivity index (χ0v) is 18.2. The number of ether oxygens (including phenoxy) is 2. The molecule has 0 unspecified atom stereocenters. The number of rotatable bonds is 5. The molecule has 1 aromatic heterocycles. The van der Waals surface area contributed by atoms with E-state index in [1.807, 2.05) is 48.5 Å². The maximum atomic E-state index is 12.2. The van der Waals surface area contributed by atoms with Crippen LogP contribution in [0.1, 0.15) is 5.56 Å². The first kappa shape index (κ1) is 22.5. The van der Waals surface area contributed by atoms with Crippen LogP contribution < -0.4 is 16.1 Å². The molecule has 2 N–H and O–H groups in total. The molecule has 0 radical (unpaired) electrons. The van der Waals surface area contributed by atoms with E-state index >= 15 is 0 Å². The zero-order valence-electron chi connectivity index (χ0n) is 18.2. The highest BCUT2D eigenvalue weighted by Crippen LogP contribution is 2.27. The number of benzene rings is 3. The largest absolute Gasteiger partial charge is 0.489 e. The van der Waals surface area contributed by atoms with Crippen LogP contribution in [0.2, 0.25) is 0 Å². The van der Waals surface area contributed by atoms with Crippen LogP contribution >= 0.6 is 0 Å². The number of nitrogen functional groups attached to an aromatic ring is 1. The van der Waals surface area contributed by atoms with Crippen LogP contribution in [0.15, 0.2) is 75.9 Å². The molecule has 7 heteroatoms. The molecule has 1 saturated heterocycles. The normalized spacial score (nSPS) is 13.9. The summed E-state index contributed by atoms with van der Waals surface area (Å²) in [6.07, 6.45) is 0.936. The second-order valence-electron chi connectivity index (χ2n) is 7.71. The number of morpholine rings is 1. The average molecular weight is 447 g/mol. The number of hydrogen-bond acceptors (Lipinski definition) is 7. The van der Waals surface area contributed by atoms with Gasteiger partial charge in [-0.25, -0.2) is 4.79 Å². The van der Waals surface area contributed by atoms with Crippen molar-refractivity contribution in [2.24, 2.45) is 0 Å². The van der Waals surface area contributed by atoms with Gasteiger partial charge in [0.15, 0.2) is 0 Å². The van der Waals surface area contributed by atoms with E-state index in [1.165, 1.54) is 0 Å². The molecule has 1 aliphatic heterocycles. The number of carbonyl (C=O) groups excluding carboxylic acids is 1. The second-order valence-corrected chi connectivity index (χ2v) is 7.71. The fourth-order valence-corrected chi connectivity index (χ4v) is 3.65. The Kier molecular flexibility index (Phi) is 7.34. The number of nitrogens with two attached hydrogens (primary N) is 1. The van der Waals surface area contributed by atoms with Crippen molar-refractivity contribution in [3.63, 3.8) is 0 Å². The third kappa shape index (κ3) is 5.77. The molecule has 7 nitrogen and oxygen atoms in total. The monoisotopic (exact) mass is 446 g/mol. The van der Waals surface area contributed by atoms with E-state index in [1.54, 1.807) is 18.2 Å². The average Bonchev–Trinajstić information content (AvgIpc) is 2.85. The van der Waals surface area contributed by atoms with Crippen molar-refractivity contribution in [1.29, 1.82) is 0 Å². The quantitative estimate of drug-likeness (QED) is 0.216. The SMILES string of the molecule is Nc1ccc2c(c1)c(=O)oc1cc(OCc3ccccc3)ccc12.O=CCN1CCOCC1. The van der Waals surface area contributed by atoms with Gasteiger partial charge in [0, 0.05) is 35.6 Å². The number of fused-ring (bicyclic) bond motifs is 3. The van der Waals surface area contributed by atoms with E-state index in [0.717, 1.165) is 48.9 Å². The maximum Gasteiger partial charge on any atom is 0.344 e. The highest BCUT2D eigenvalue weighted by Gasteiger charge is 2.09. The summed E-state index contributed by atoms with van der Waals surface area (Å²) in [6, 6.07) is 20.7. The molecule has 0 aliphatic carbocycles. The van der Waals surface area contributed by atoms with E-state index in [9.17, 15) is 9.59 Å². The predicted molar refractivity (Wildman–Crippen MR) is 128 cm³/mol. The summed E-state index contributed by atoms with van der Waals surface area (Å²) in [5.41, 5.74) is 7.48. The lowest BCUT2D eigenvalue weighted by atomic mass is 10.1. The molecule has 0 amide bonds. The van der Waals surface area contributed by atoms with Crippen LogP contribution in [0.25, 0.3) is 21.7 Å². The Balaban J connectivity index is 0.000000243. The number of hydrogen-bond donors (Lipinski definition) is 1. The molecule has 1 aliphatic rings. The van der Waals surface area contributed by atoms with Gasteiger partial charge in [-0.2, -0.15) is 0 Å². The van der Waals surface area contributed by atoms with Crippen molar-refractivity contribution >= 4 is 33.7 Å². The second kappa shape index (κ2) is 10.8. The molecule has 4 aromatic rings. The van der Waals surface area contributed by atoms with Gasteiger partial charge < -0.3 is 24.4 Å². The van der Waals surface area contributed by atoms with Gasteiger partial charge in [-0.15, -0.1) is 0 Å². The summed E-state index contributed by atoms with van der Waals surface area (Å²) in [7, 11) is 0. The van der Waals surface area contributed by atoms with Gasteiger partial charge >= 0.3 is 5.63 Å². The summed E-state index contributed by atoms with van der Waals surface area (Å²) >= 11 is 0. The Labute approximate surface area is 191 Å². The molecule has 5 rings (SSSR count). The van der Waals surface area contributed by atoms with E-state index in [2.05, 4.69) is 4.90 Å². The van der Waals surface area contributed by atoms with Crippen LogP contribution in [0.3, 0.4) is 0 Å². The Morgan fingerprint density at radius 1 is 0.939 bits per heavy atom. The molecule has 2 heterocycles. The predicted octanol–water partition coefficient (Wildman–Crippen LogP) is 3.62. The third-order valence-electron chi connectivity index (χ3n) is 5.39. The molecule has 0 atom stereocenters. The molecule has 0 spiro atoms. The number of anilines is 1. The summed E-state index contributed by atoms with van der Waals surface area (Å²) in [4.78, 5) is 24.2. The first-order valence-corrected chi connectivity index (χ1v) is 10.8. The topological polar surface area (TPSA) is 95.0 Å². The van der Waals surface area contributed by atoms with Crippen LogP contribution in [-0.4, -0.2) is 44.0 Å². The van der Waals surface area contributed by atoms with Crippen molar-refractivity contribution in [3.05, 3.63) is 82.7 Å². The minimum atomic E-state index is -0.398. The molecule has 3 aromatic carbocycles. The molecular weight excluding hydrogens is 420 g/mol. The van der Waals surface area contributed by atoms with Crippen LogP contribution in [0.5, 0.6) is 5.75 Å². The lowest BCUT2D eigenvalue weighted by Gasteiger charge is -2.23. The number of nitrogens with zero attached hydrogens (tertiary/aromatic N) is 1. The molecule has 1 fully saturated rings. The number of aldehydes is 1. The van der Waals surface area contributed by atoms with Crippen LogP contribution in [-0.2, 0) is 16.1 Å². The van der Waals surface area contributed by atoms with E-state index < -0.39 is 5.63 Å². The van der Waals surface area contributed by atoms with Crippen molar-refractivity contribution < 1.29 is 18.7 Å². The summed E-state index contributed by atoms with van der Waals surface area (Å²) < 4.78 is 16.3. The molecule has 170 valence electrons. The smallest absolute Gasteiger partial charge is 0.344 e.